The Hall–Kier alpha value is -2.71. The highest BCUT2D eigenvalue weighted by Crippen LogP contribution is 2.24. The van der Waals surface area contributed by atoms with Crippen molar-refractivity contribution in [2.45, 2.75) is 6.92 Å². The SMILES string of the molecule is CCOc1ccc2cn(C3=C/C(=C/NCCNC)C(=N)C=C3)c(=O)c(Br)c2n1. The van der Waals surface area contributed by atoms with Gasteiger partial charge in [0.05, 0.1) is 17.8 Å². The zero-order chi connectivity index (χ0) is 20.1. The monoisotopic (exact) mass is 443 g/mol. The van der Waals surface area contributed by atoms with Crippen molar-refractivity contribution in [3.05, 3.63) is 63.2 Å². The van der Waals surface area contributed by atoms with Gasteiger partial charge in [-0.3, -0.25) is 9.36 Å². The summed E-state index contributed by atoms with van der Waals surface area (Å²) < 4.78 is 7.36. The average Bonchev–Trinajstić information content (AvgIpc) is 2.70. The number of halogens is 1. The molecule has 146 valence electrons. The Kier molecular flexibility index (Phi) is 6.43. The lowest BCUT2D eigenvalue weighted by molar-refractivity contribution is 0.328. The fraction of sp³-hybridized carbons (Fsp3) is 0.250. The summed E-state index contributed by atoms with van der Waals surface area (Å²) >= 11 is 3.39. The molecule has 0 radical (unpaired) electrons. The van der Waals surface area contributed by atoms with Crippen molar-refractivity contribution in [1.29, 1.82) is 5.41 Å². The van der Waals surface area contributed by atoms with Crippen molar-refractivity contribution >= 4 is 38.2 Å². The molecule has 7 nitrogen and oxygen atoms in total. The number of rotatable bonds is 7. The Morgan fingerprint density at radius 1 is 1.32 bits per heavy atom. The van der Waals surface area contributed by atoms with E-state index in [1.54, 1.807) is 35.2 Å². The molecule has 0 fully saturated rings. The number of hydrogen-bond donors (Lipinski definition) is 3. The first kappa shape index (κ1) is 20.0. The summed E-state index contributed by atoms with van der Waals surface area (Å²) in [6.45, 7) is 3.96. The van der Waals surface area contributed by atoms with E-state index < -0.39 is 0 Å². The van der Waals surface area contributed by atoms with Gasteiger partial charge in [-0.2, -0.15) is 0 Å². The van der Waals surface area contributed by atoms with E-state index in [4.69, 9.17) is 10.1 Å². The summed E-state index contributed by atoms with van der Waals surface area (Å²) in [5.41, 5.74) is 2.11. The third-order valence-electron chi connectivity index (χ3n) is 4.17. The fourth-order valence-electron chi connectivity index (χ4n) is 2.76. The van der Waals surface area contributed by atoms with Crippen LogP contribution in [0, 0.1) is 5.41 Å². The standard InChI is InChI=1S/C20H22BrN5O2/c1-3-28-17-7-4-13-12-26(20(27)18(21)19(13)25-17)15-5-6-16(22)14(10-15)11-24-9-8-23-2/h4-7,10-12,22-24H,3,8-9H2,1-2H3/b14-11-,22-16?. The van der Waals surface area contributed by atoms with Crippen LogP contribution in [0.5, 0.6) is 5.88 Å². The van der Waals surface area contributed by atoms with Crippen molar-refractivity contribution in [2.24, 2.45) is 0 Å². The summed E-state index contributed by atoms with van der Waals surface area (Å²) in [5.74, 6) is 0.482. The van der Waals surface area contributed by atoms with E-state index in [0.29, 0.717) is 39.5 Å². The molecule has 0 amide bonds. The predicted octanol–water partition coefficient (Wildman–Crippen LogP) is 2.68. The first-order chi connectivity index (χ1) is 13.5. The fourth-order valence-corrected chi connectivity index (χ4v) is 3.26. The van der Waals surface area contributed by atoms with Crippen molar-refractivity contribution in [1.82, 2.24) is 20.2 Å². The van der Waals surface area contributed by atoms with Gasteiger partial charge in [0.2, 0.25) is 5.88 Å². The minimum Gasteiger partial charge on any atom is -0.478 e. The summed E-state index contributed by atoms with van der Waals surface area (Å²) in [6.07, 6.45) is 8.80. The van der Waals surface area contributed by atoms with Crippen LogP contribution in [0.2, 0.25) is 0 Å². The van der Waals surface area contributed by atoms with E-state index in [1.165, 1.54) is 0 Å². The van der Waals surface area contributed by atoms with Crippen LogP contribution in [0.1, 0.15) is 6.92 Å². The molecule has 28 heavy (non-hydrogen) atoms. The number of hydrogen-bond acceptors (Lipinski definition) is 6. The van der Waals surface area contributed by atoms with Crippen LogP contribution in [0.4, 0.5) is 0 Å². The minimum absolute atomic E-state index is 0.222. The molecule has 8 heteroatoms. The van der Waals surface area contributed by atoms with Crippen molar-refractivity contribution in [3.63, 3.8) is 0 Å². The molecule has 3 N–H and O–H groups in total. The Labute approximate surface area is 171 Å². The molecule has 1 aliphatic carbocycles. The predicted molar refractivity (Wildman–Crippen MR) is 116 cm³/mol. The molecule has 0 saturated carbocycles. The maximum atomic E-state index is 12.9. The number of likely N-dealkylation sites (N-methyl/N-ethyl adjacent to an activating group) is 1. The maximum Gasteiger partial charge on any atom is 0.271 e. The normalized spacial score (nSPS) is 15.2. The van der Waals surface area contributed by atoms with Crippen molar-refractivity contribution in [3.8, 4) is 5.88 Å². The number of ether oxygens (including phenoxy) is 1. The quantitative estimate of drug-likeness (QED) is 0.572. The summed E-state index contributed by atoms with van der Waals surface area (Å²) in [6, 6.07) is 3.66. The summed E-state index contributed by atoms with van der Waals surface area (Å²) in [7, 11) is 1.88. The van der Waals surface area contributed by atoms with Gasteiger partial charge in [-0.05, 0) is 54.2 Å². The third-order valence-corrected chi connectivity index (χ3v) is 4.88. The van der Waals surface area contributed by atoms with Gasteiger partial charge >= 0.3 is 0 Å². The Bertz CT molecular complexity index is 1050. The smallest absolute Gasteiger partial charge is 0.271 e. The lowest BCUT2D eigenvalue weighted by Crippen LogP contribution is -2.23. The molecule has 0 bridgehead atoms. The first-order valence-electron chi connectivity index (χ1n) is 8.97. The molecule has 2 aromatic heterocycles. The largest absolute Gasteiger partial charge is 0.478 e. The molecular formula is C20H22BrN5O2. The van der Waals surface area contributed by atoms with E-state index in [0.717, 1.165) is 18.5 Å². The second kappa shape index (κ2) is 8.99. The second-order valence-corrected chi connectivity index (χ2v) is 6.91. The van der Waals surface area contributed by atoms with Crippen molar-refractivity contribution in [2.75, 3.05) is 26.7 Å². The van der Waals surface area contributed by atoms with Gasteiger partial charge in [-0.25, -0.2) is 4.98 Å². The van der Waals surface area contributed by atoms with Gasteiger partial charge in [0.15, 0.2) is 0 Å². The number of fused-ring (bicyclic) bond motifs is 1. The van der Waals surface area contributed by atoms with Crippen LogP contribution >= 0.6 is 15.9 Å². The van der Waals surface area contributed by atoms with E-state index in [9.17, 15) is 4.79 Å². The molecule has 2 aromatic rings. The highest BCUT2D eigenvalue weighted by Gasteiger charge is 2.15. The first-order valence-corrected chi connectivity index (χ1v) is 9.76. The average molecular weight is 444 g/mol. The molecular weight excluding hydrogens is 422 g/mol. The molecule has 0 spiro atoms. The van der Waals surface area contributed by atoms with Gasteiger partial charge in [0.25, 0.3) is 5.56 Å². The van der Waals surface area contributed by atoms with Gasteiger partial charge in [-0.1, -0.05) is 0 Å². The molecule has 0 aliphatic heterocycles. The van der Waals surface area contributed by atoms with Gasteiger partial charge in [0.1, 0.15) is 4.47 Å². The molecule has 0 aromatic carbocycles. The molecule has 1 aliphatic rings. The van der Waals surface area contributed by atoms with Gasteiger partial charge < -0.3 is 20.8 Å². The molecule has 0 saturated heterocycles. The number of allylic oxidation sites excluding steroid dienone is 5. The Balaban J connectivity index is 2.01. The van der Waals surface area contributed by atoms with E-state index >= 15 is 0 Å². The highest BCUT2D eigenvalue weighted by molar-refractivity contribution is 9.10. The maximum absolute atomic E-state index is 12.9. The summed E-state index contributed by atoms with van der Waals surface area (Å²) in [5, 5.41) is 15.1. The molecule has 2 heterocycles. The van der Waals surface area contributed by atoms with Crippen LogP contribution in [0.25, 0.3) is 16.6 Å². The van der Waals surface area contributed by atoms with Crippen LogP contribution < -0.4 is 20.9 Å². The highest BCUT2D eigenvalue weighted by atomic mass is 79.9. The number of nitrogens with zero attached hydrogens (tertiary/aromatic N) is 2. The number of aromatic nitrogens is 2. The van der Waals surface area contributed by atoms with E-state index in [-0.39, 0.29) is 5.56 Å². The zero-order valence-electron chi connectivity index (χ0n) is 15.8. The third kappa shape index (κ3) is 4.23. The number of pyridine rings is 2. The topological polar surface area (TPSA) is 92.0 Å². The Morgan fingerprint density at radius 2 is 2.14 bits per heavy atom. The van der Waals surface area contributed by atoms with Gasteiger partial charge in [-0.15, -0.1) is 0 Å². The van der Waals surface area contributed by atoms with E-state index in [2.05, 4.69) is 31.5 Å². The van der Waals surface area contributed by atoms with Crippen LogP contribution in [-0.4, -0.2) is 42.0 Å². The van der Waals surface area contributed by atoms with Crippen LogP contribution in [0.3, 0.4) is 0 Å². The van der Waals surface area contributed by atoms with Crippen LogP contribution in [-0.2, 0) is 0 Å². The number of nitrogens with one attached hydrogen (secondary N) is 3. The van der Waals surface area contributed by atoms with Gasteiger partial charge in [0, 0.05) is 48.2 Å². The minimum atomic E-state index is -0.222. The molecule has 3 rings (SSSR count). The van der Waals surface area contributed by atoms with E-state index in [1.807, 2.05) is 26.1 Å². The lowest BCUT2D eigenvalue weighted by atomic mass is 10.0. The van der Waals surface area contributed by atoms with Crippen LogP contribution in [0.15, 0.2) is 57.6 Å². The zero-order valence-corrected chi connectivity index (χ0v) is 17.3. The second-order valence-electron chi connectivity index (χ2n) is 6.11. The molecule has 0 unspecified atom stereocenters. The Morgan fingerprint density at radius 3 is 2.89 bits per heavy atom. The summed E-state index contributed by atoms with van der Waals surface area (Å²) in [4.78, 5) is 17.3. The lowest BCUT2D eigenvalue weighted by Gasteiger charge is -2.15. The van der Waals surface area contributed by atoms with Crippen molar-refractivity contribution < 1.29 is 4.74 Å². The molecule has 0 atom stereocenters.